The number of likely N-dealkylation sites (N-methyl/N-ethyl adjacent to an activating group) is 1. The summed E-state index contributed by atoms with van der Waals surface area (Å²) >= 11 is 0. The van der Waals surface area contributed by atoms with Crippen molar-refractivity contribution in [3.63, 3.8) is 0 Å². The van der Waals surface area contributed by atoms with Gasteiger partial charge in [-0.05, 0) is 27.2 Å². The third-order valence-electron chi connectivity index (χ3n) is 2.83. The van der Waals surface area contributed by atoms with Crippen LogP contribution in [0.3, 0.4) is 0 Å². The summed E-state index contributed by atoms with van der Waals surface area (Å²) in [6.07, 6.45) is 0.932. The average molecular weight is 240 g/mol. The predicted molar refractivity (Wildman–Crippen MR) is 63.6 cm³/mol. The third kappa shape index (κ3) is 3.56. The van der Waals surface area contributed by atoms with Crippen LogP contribution < -0.4 is 0 Å². The maximum atomic E-state index is 12.0. The normalized spacial score (nSPS) is 10.6. The Morgan fingerprint density at radius 1 is 1.47 bits per heavy atom. The van der Waals surface area contributed by atoms with Crippen molar-refractivity contribution >= 4 is 5.91 Å². The first-order valence-corrected chi connectivity index (χ1v) is 5.90. The van der Waals surface area contributed by atoms with E-state index >= 15 is 0 Å². The lowest BCUT2D eigenvalue weighted by Gasteiger charge is -2.20. The summed E-state index contributed by atoms with van der Waals surface area (Å²) in [4.78, 5) is 13.8. The number of aryl methyl sites for hydroxylation is 2. The maximum Gasteiger partial charge on any atom is 0.227 e. The second-order valence-electron chi connectivity index (χ2n) is 4.03. The molecule has 0 aromatic carbocycles. The van der Waals surface area contributed by atoms with Crippen molar-refractivity contribution in [3.8, 4) is 0 Å². The number of hydrogen-bond acceptors (Lipinski definition) is 4. The van der Waals surface area contributed by atoms with Gasteiger partial charge >= 0.3 is 0 Å². The number of aromatic nitrogens is 1. The Balaban J connectivity index is 2.64. The molecule has 1 aromatic heterocycles. The van der Waals surface area contributed by atoms with Crippen LogP contribution in [0.15, 0.2) is 4.52 Å². The summed E-state index contributed by atoms with van der Waals surface area (Å²) < 4.78 is 5.03. The number of amides is 1. The third-order valence-corrected chi connectivity index (χ3v) is 2.83. The molecule has 1 heterocycles. The molecular weight excluding hydrogens is 220 g/mol. The van der Waals surface area contributed by atoms with Crippen molar-refractivity contribution < 1.29 is 14.4 Å². The first-order valence-electron chi connectivity index (χ1n) is 5.90. The molecule has 0 aliphatic heterocycles. The standard InChI is InChI=1S/C12H20N2O3/c1-4-14(6-5-7-15)12(16)8-11-9(2)13-17-10(11)3/h15H,4-8H2,1-3H3. The van der Waals surface area contributed by atoms with Crippen molar-refractivity contribution in [3.05, 3.63) is 17.0 Å². The molecule has 5 heteroatoms. The predicted octanol–water partition coefficient (Wildman–Crippen LogP) is 1.06. The topological polar surface area (TPSA) is 66.6 Å². The second-order valence-corrected chi connectivity index (χ2v) is 4.03. The highest BCUT2D eigenvalue weighted by molar-refractivity contribution is 5.79. The Bertz CT molecular complexity index is 354. The monoisotopic (exact) mass is 240 g/mol. The molecule has 0 spiro atoms. The number of hydrogen-bond donors (Lipinski definition) is 1. The van der Waals surface area contributed by atoms with Gasteiger partial charge in [0, 0.05) is 25.3 Å². The van der Waals surface area contributed by atoms with E-state index in [0.29, 0.717) is 31.7 Å². The Morgan fingerprint density at radius 2 is 2.18 bits per heavy atom. The fraction of sp³-hybridized carbons (Fsp3) is 0.667. The minimum absolute atomic E-state index is 0.0513. The van der Waals surface area contributed by atoms with Crippen LogP contribution in [0, 0.1) is 13.8 Å². The zero-order valence-electron chi connectivity index (χ0n) is 10.7. The molecule has 0 bridgehead atoms. The summed E-state index contributed by atoms with van der Waals surface area (Å²) in [5, 5.41) is 12.6. The maximum absolute atomic E-state index is 12.0. The lowest BCUT2D eigenvalue weighted by Crippen LogP contribution is -2.33. The second kappa shape index (κ2) is 6.39. The lowest BCUT2D eigenvalue weighted by molar-refractivity contribution is -0.130. The first kappa shape index (κ1) is 13.7. The Hall–Kier alpha value is -1.36. The fourth-order valence-electron chi connectivity index (χ4n) is 1.74. The van der Waals surface area contributed by atoms with E-state index in [-0.39, 0.29) is 12.5 Å². The summed E-state index contributed by atoms with van der Waals surface area (Å²) in [6, 6.07) is 0. The lowest BCUT2D eigenvalue weighted by atomic mass is 10.1. The molecule has 1 amide bonds. The molecule has 1 N–H and O–H groups in total. The van der Waals surface area contributed by atoms with Gasteiger partial charge in [-0.15, -0.1) is 0 Å². The van der Waals surface area contributed by atoms with Crippen molar-refractivity contribution in [2.24, 2.45) is 0 Å². The van der Waals surface area contributed by atoms with Gasteiger partial charge in [-0.3, -0.25) is 4.79 Å². The number of carbonyl (C=O) groups excluding carboxylic acids is 1. The molecule has 0 atom stereocenters. The highest BCUT2D eigenvalue weighted by Gasteiger charge is 2.17. The van der Waals surface area contributed by atoms with E-state index in [2.05, 4.69) is 5.16 Å². The van der Waals surface area contributed by atoms with Gasteiger partial charge in [-0.25, -0.2) is 0 Å². The van der Waals surface area contributed by atoms with Crippen LogP contribution in [0.5, 0.6) is 0 Å². The van der Waals surface area contributed by atoms with Crippen LogP contribution in [0.25, 0.3) is 0 Å². The van der Waals surface area contributed by atoms with Crippen molar-refractivity contribution in [1.82, 2.24) is 10.1 Å². The SMILES string of the molecule is CCN(CCCO)C(=O)Cc1c(C)noc1C. The van der Waals surface area contributed by atoms with Gasteiger partial charge < -0.3 is 14.5 Å². The number of carbonyl (C=O) groups is 1. The van der Waals surface area contributed by atoms with Gasteiger partial charge in [0.2, 0.25) is 5.91 Å². The van der Waals surface area contributed by atoms with Gasteiger partial charge in [0.25, 0.3) is 0 Å². The molecule has 0 aliphatic rings. The van der Waals surface area contributed by atoms with Gasteiger partial charge in [0.1, 0.15) is 5.76 Å². The molecule has 0 unspecified atom stereocenters. The highest BCUT2D eigenvalue weighted by atomic mass is 16.5. The zero-order valence-corrected chi connectivity index (χ0v) is 10.7. The van der Waals surface area contributed by atoms with E-state index in [1.807, 2.05) is 20.8 Å². The minimum Gasteiger partial charge on any atom is -0.396 e. The number of rotatable bonds is 6. The Morgan fingerprint density at radius 3 is 2.65 bits per heavy atom. The molecule has 1 rings (SSSR count). The molecule has 1 aromatic rings. The van der Waals surface area contributed by atoms with Crippen LogP contribution in [0.1, 0.15) is 30.4 Å². The van der Waals surface area contributed by atoms with E-state index in [0.717, 1.165) is 11.3 Å². The molecule has 17 heavy (non-hydrogen) atoms. The molecule has 0 fully saturated rings. The van der Waals surface area contributed by atoms with Crippen molar-refractivity contribution in [1.29, 1.82) is 0 Å². The van der Waals surface area contributed by atoms with Crippen LogP contribution in [-0.2, 0) is 11.2 Å². The van der Waals surface area contributed by atoms with E-state index in [1.165, 1.54) is 0 Å². The molecule has 96 valence electrons. The van der Waals surface area contributed by atoms with Gasteiger partial charge in [-0.1, -0.05) is 5.16 Å². The smallest absolute Gasteiger partial charge is 0.227 e. The first-order chi connectivity index (χ1) is 8.10. The van der Waals surface area contributed by atoms with E-state index in [9.17, 15) is 4.79 Å². The van der Waals surface area contributed by atoms with Gasteiger partial charge in [0.05, 0.1) is 12.1 Å². The Labute approximate surface area is 101 Å². The summed E-state index contributed by atoms with van der Waals surface area (Å²) in [5.41, 5.74) is 1.64. The zero-order chi connectivity index (χ0) is 12.8. The largest absolute Gasteiger partial charge is 0.396 e. The van der Waals surface area contributed by atoms with Crippen LogP contribution >= 0.6 is 0 Å². The summed E-state index contributed by atoms with van der Waals surface area (Å²) in [7, 11) is 0. The molecule has 0 saturated heterocycles. The van der Waals surface area contributed by atoms with E-state index < -0.39 is 0 Å². The van der Waals surface area contributed by atoms with Crippen LogP contribution in [-0.4, -0.2) is 40.8 Å². The molecule has 0 saturated carbocycles. The van der Waals surface area contributed by atoms with E-state index in [4.69, 9.17) is 9.63 Å². The average Bonchev–Trinajstić information content (AvgIpc) is 2.62. The summed E-state index contributed by atoms with van der Waals surface area (Å²) in [5.74, 6) is 0.754. The van der Waals surface area contributed by atoms with Crippen molar-refractivity contribution in [2.75, 3.05) is 19.7 Å². The fourth-order valence-corrected chi connectivity index (χ4v) is 1.74. The molecule has 0 aliphatic carbocycles. The number of nitrogens with zero attached hydrogens (tertiary/aromatic N) is 2. The minimum atomic E-state index is 0.0513. The summed E-state index contributed by atoms with van der Waals surface area (Å²) in [6.45, 7) is 6.94. The van der Waals surface area contributed by atoms with Crippen molar-refractivity contribution in [2.45, 2.75) is 33.6 Å². The number of aliphatic hydroxyl groups excluding tert-OH is 1. The van der Waals surface area contributed by atoms with Crippen LogP contribution in [0.2, 0.25) is 0 Å². The van der Waals surface area contributed by atoms with E-state index in [1.54, 1.807) is 4.90 Å². The van der Waals surface area contributed by atoms with Gasteiger partial charge in [-0.2, -0.15) is 0 Å². The quantitative estimate of drug-likeness (QED) is 0.807. The molecule has 0 radical (unpaired) electrons. The molecule has 5 nitrogen and oxygen atoms in total. The molecular formula is C12H20N2O3. The Kier molecular flexibility index (Phi) is 5.15. The van der Waals surface area contributed by atoms with Crippen LogP contribution in [0.4, 0.5) is 0 Å². The number of aliphatic hydroxyl groups is 1. The van der Waals surface area contributed by atoms with Gasteiger partial charge in [0.15, 0.2) is 0 Å². The highest BCUT2D eigenvalue weighted by Crippen LogP contribution is 2.14.